The number of hydrogen-bond donors (Lipinski definition) is 1. The molecule has 0 fully saturated rings. The highest BCUT2D eigenvalue weighted by Crippen LogP contribution is 2.38. The molecule has 30 heavy (non-hydrogen) atoms. The molecule has 0 saturated carbocycles. The fourth-order valence-electron chi connectivity index (χ4n) is 3.46. The van der Waals surface area contributed by atoms with Crippen molar-refractivity contribution in [3.63, 3.8) is 0 Å². The first kappa shape index (κ1) is 23.8. The number of unbranched alkanes of at least 4 members (excludes halogenated alkanes) is 5. The highest BCUT2D eigenvalue weighted by Gasteiger charge is 2.22. The molecule has 0 bridgehead atoms. The standard InChI is InChI=1S/C25H30ClNO3/c1-3-5-7-8-9-15-30-23-14-13-20(25(28)29)24(21(23)17-27)19-12-11-18(10-6-4-2)16-22(19)26/h11-14,16H,3-10,15H2,1-2H3,(H,28,29). The Bertz CT molecular complexity index is 902. The first-order chi connectivity index (χ1) is 14.5. The quantitative estimate of drug-likeness (QED) is 0.361. The Hall–Kier alpha value is -2.51. The van der Waals surface area contributed by atoms with Gasteiger partial charge in [0.25, 0.3) is 0 Å². The number of carboxylic acid groups (broad SMARTS) is 1. The van der Waals surface area contributed by atoms with Crippen LogP contribution in [0.4, 0.5) is 0 Å². The minimum Gasteiger partial charge on any atom is -0.492 e. The highest BCUT2D eigenvalue weighted by molar-refractivity contribution is 6.33. The third-order valence-electron chi connectivity index (χ3n) is 5.14. The van der Waals surface area contributed by atoms with E-state index in [1.165, 1.54) is 18.9 Å². The van der Waals surface area contributed by atoms with Crippen LogP contribution in [-0.2, 0) is 6.42 Å². The minimum atomic E-state index is -1.10. The zero-order chi connectivity index (χ0) is 21.9. The van der Waals surface area contributed by atoms with Crippen molar-refractivity contribution in [3.05, 3.63) is 52.0 Å². The molecule has 5 heteroatoms. The van der Waals surface area contributed by atoms with Crippen LogP contribution >= 0.6 is 11.6 Å². The molecule has 0 aromatic heterocycles. The third-order valence-corrected chi connectivity index (χ3v) is 5.45. The highest BCUT2D eigenvalue weighted by atomic mass is 35.5. The van der Waals surface area contributed by atoms with Gasteiger partial charge in [0.2, 0.25) is 0 Å². The summed E-state index contributed by atoms with van der Waals surface area (Å²) in [5, 5.41) is 20.0. The Balaban J connectivity index is 2.37. The number of halogens is 1. The molecule has 0 aliphatic carbocycles. The van der Waals surface area contributed by atoms with E-state index in [1.807, 2.05) is 18.2 Å². The Morgan fingerprint density at radius 3 is 2.43 bits per heavy atom. The van der Waals surface area contributed by atoms with E-state index in [1.54, 1.807) is 6.07 Å². The molecule has 0 aliphatic heterocycles. The molecule has 0 saturated heterocycles. The second kappa shape index (κ2) is 12.2. The van der Waals surface area contributed by atoms with Crippen LogP contribution in [0, 0.1) is 11.3 Å². The molecule has 160 valence electrons. The van der Waals surface area contributed by atoms with E-state index in [4.69, 9.17) is 16.3 Å². The Kier molecular flexibility index (Phi) is 9.70. The van der Waals surface area contributed by atoms with Gasteiger partial charge < -0.3 is 9.84 Å². The summed E-state index contributed by atoms with van der Waals surface area (Å²) < 4.78 is 5.86. The number of carbonyl (C=O) groups is 1. The first-order valence-electron chi connectivity index (χ1n) is 10.7. The molecule has 0 atom stereocenters. The predicted molar refractivity (Wildman–Crippen MR) is 121 cm³/mol. The normalized spacial score (nSPS) is 10.6. The van der Waals surface area contributed by atoms with Crippen molar-refractivity contribution in [1.29, 1.82) is 5.26 Å². The smallest absolute Gasteiger partial charge is 0.336 e. The Morgan fingerprint density at radius 1 is 1.07 bits per heavy atom. The molecule has 1 N–H and O–H groups in total. The van der Waals surface area contributed by atoms with Crippen LogP contribution in [0.1, 0.15) is 80.3 Å². The van der Waals surface area contributed by atoms with Gasteiger partial charge in [0.1, 0.15) is 17.4 Å². The molecular formula is C25H30ClNO3. The molecule has 0 heterocycles. The maximum Gasteiger partial charge on any atom is 0.336 e. The molecule has 0 unspecified atom stereocenters. The molecule has 2 rings (SSSR count). The van der Waals surface area contributed by atoms with Gasteiger partial charge in [0, 0.05) is 16.1 Å². The Morgan fingerprint density at radius 2 is 1.80 bits per heavy atom. The lowest BCUT2D eigenvalue weighted by atomic mass is 9.92. The zero-order valence-corrected chi connectivity index (χ0v) is 18.6. The minimum absolute atomic E-state index is 0.0463. The lowest BCUT2D eigenvalue weighted by molar-refractivity contribution is 0.0697. The van der Waals surface area contributed by atoms with Gasteiger partial charge in [-0.3, -0.25) is 0 Å². The van der Waals surface area contributed by atoms with E-state index in [0.29, 0.717) is 28.5 Å². The molecule has 2 aromatic rings. The molecule has 4 nitrogen and oxygen atoms in total. The first-order valence-corrected chi connectivity index (χ1v) is 11.1. The monoisotopic (exact) mass is 427 g/mol. The maximum absolute atomic E-state index is 11.9. The number of benzene rings is 2. The van der Waals surface area contributed by atoms with E-state index in [2.05, 4.69) is 19.9 Å². The second-order valence-electron chi connectivity index (χ2n) is 7.46. The second-order valence-corrected chi connectivity index (χ2v) is 7.87. The van der Waals surface area contributed by atoms with Crippen LogP contribution < -0.4 is 4.74 Å². The summed E-state index contributed by atoms with van der Waals surface area (Å²) in [4.78, 5) is 11.9. The summed E-state index contributed by atoms with van der Waals surface area (Å²) in [5.74, 6) is -0.696. The number of aromatic carboxylic acids is 1. The van der Waals surface area contributed by atoms with E-state index in [0.717, 1.165) is 44.1 Å². The van der Waals surface area contributed by atoms with Gasteiger partial charge in [-0.15, -0.1) is 0 Å². The molecule has 0 spiro atoms. The van der Waals surface area contributed by atoms with Crippen molar-refractivity contribution in [2.75, 3.05) is 6.61 Å². The van der Waals surface area contributed by atoms with Crippen molar-refractivity contribution in [1.82, 2.24) is 0 Å². The van der Waals surface area contributed by atoms with Gasteiger partial charge >= 0.3 is 5.97 Å². The number of nitrogens with zero attached hydrogens (tertiary/aromatic N) is 1. The van der Waals surface area contributed by atoms with Crippen LogP contribution in [0.5, 0.6) is 5.75 Å². The maximum atomic E-state index is 11.9. The average Bonchev–Trinajstić information content (AvgIpc) is 2.74. The lowest BCUT2D eigenvalue weighted by Gasteiger charge is -2.15. The average molecular weight is 428 g/mol. The SMILES string of the molecule is CCCCCCCOc1ccc(C(=O)O)c(-c2ccc(CCCC)cc2Cl)c1C#N. The van der Waals surface area contributed by atoms with E-state index < -0.39 is 5.97 Å². The van der Waals surface area contributed by atoms with E-state index in [9.17, 15) is 15.2 Å². The van der Waals surface area contributed by atoms with Crippen LogP contribution in [-0.4, -0.2) is 17.7 Å². The number of rotatable bonds is 12. The number of hydrogen-bond acceptors (Lipinski definition) is 3. The summed E-state index contributed by atoms with van der Waals surface area (Å²) >= 11 is 6.53. The number of ether oxygens (including phenoxy) is 1. The zero-order valence-electron chi connectivity index (χ0n) is 17.8. The molecule has 0 aliphatic rings. The van der Waals surface area contributed by atoms with Gasteiger partial charge in [-0.1, -0.05) is 69.7 Å². The summed E-state index contributed by atoms with van der Waals surface area (Å²) in [6, 6.07) is 10.8. The number of carboxylic acids is 1. The largest absolute Gasteiger partial charge is 0.492 e. The van der Waals surface area contributed by atoms with Gasteiger partial charge in [-0.2, -0.15) is 5.26 Å². The summed E-state index contributed by atoms with van der Waals surface area (Å²) in [6.07, 6.45) is 8.56. The Labute approximate surface area is 184 Å². The lowest BCUT2D eigenvalue weighted by Crippen LogP contribution is -2.06. The molecule has 2 aromatic carbocycles. The van der Waals surface area contributed by atoms with Crippen molar-refractivity contribution in [2.24, 2.45) is 0 Å². The molecule has 0 amide bonds. The molecular weight excluding hydrogens is 398 g/mol. The molecule has 0 radical (unpaired) electrons. The summed E-state index contributed by atoms with van der Waals surface area (Å²) in [7, 11) is 0. The van der Waals surface area contributed by atoms with E-state index >= 15 is 0 Å². The topological polar surface area (TPSA) is 70.3 Å². The van der Waals surface area contributed by atoms with Gasteiger partial charge in [0.05, 0.1) is 12.2 Å². The van der Waals surface area contributed by atoms with E-state index in [-0.39, 0.29) is 11.1 Å². The van der Waals surface area contributed by atoms with Crippen molar-refractivity contribution >= 4 is 17.6 Å². The predicted octanol–water partition coefficient (Wildman–Crippen LogP) is 7.27. The number of nitriles is 1. The van der Waals surface area contributed by atoms with Gasteiger partial charge in [-0.05, 0) is 43.0 Å². The third kappa shape index (κ3) is 6.24. The van der Waals surface area contributed by atoms with Crippen molar-refractivity contribution in [2.45, 2.75) is 65.2 Å². The fraction of sp³-hybridized carbons (Fsp3) is 0.440. The summed E-state index contributed by atoms with van der Waals surface area (Å²) in [5.41, 5.74) is 2.22. The van der Waals surface area contributed by atoms with Crippen LogP contribution in [0.15, 0.2) is 30.3 Å². The van der Waals surface area contributed by atoms with Gasteiger partial charge in [-0.25, -0.2) is 4.79 Å². The summed E-state index contributed by atoms with van der Waals surface area (Å²) in [6.45, 7) is 4.79. The van der Waals surface area contributed by atoms with Gasteiger partial charge in [0.15, 0.2) is 0 Å². The fourth-order valence-corrected chi connectivity index (χ4v) is 3.76. The van der Waals surface area contributed by atoms with Crippen LogP contribution in [0.3, 0.4) is 0 Å². The van der Waals surface area contributed by atoms with Crippen molar-refractivity contribution in [3.8, 4) is 22.9 Å². The number of aryl methyl sites for hydroxylation is 1. The van der Waals surface area contributed by atoms with Crippen LogP contribution in [0.25, 0.3) is 11.1 Å². The van der Waals surface area contributed by atoms with Crippen LogP contribution in [0.2, 0.25) is 5.02 Å². The van der Waals surface area contributed by atoms with Crippen molar-refractivity contribution < 1.29 is 14.6 Å².